The predicted octanol–water partition coefficient (Wildman–Crippen LogP) is 11.7. The number of aromatic amines is 1. The minimum Gasteiger partial charge on any atom is -0.356 e. The van der Waals surface area contributed by atoms with Crippen molar-refractivity contribution in [3.63, 3.8) is 0 Å². The number of pyridine rings is 1. The zero-order chi connectivity index (χ0) is 35.8. The quantitative estimate of drug-likeness (QED) is 0.202. The molecule has 0 unspecified atom stereocenters. The van der Waals surface area contributed by atoms with Crippen LogP contribution in [0.15, 0.2) is 114 Å². The standard InChI is InChI=1S/C12H13N.C11H14N2.C10H12N2.C10H11NO/c1-9(2)12-11-6-4-3-5-10(11)7-8-13-12;1-8(2)11-9-6-4-5-7-10(9)13(3)12-11;1-7(2)10-8-5-3-4-6-9(8)11-12-10;1-7(2)10-8-5-3-4-6-9(8)12-11-10/h3-9H,1-2H3;4-8H,1-3H3;3-7H,1-2H3,(H,11,12);3-7H,1-2H3. The lowest BCUT2D eigenvalue weighted by atomic mass is 10.0. The van der Waals surface area contributed by atoms with Crippen molar-refractivity contribution in [3.8, 4) is 0 Å². The monoisotopic (exact) mass is 666 g/mol. The molecule has 0 atom stereocenters. The van der Waals surface area contributed by atoms with E-state index in [1.807, 2.05) is 66.5 Å². The fourth-order valence-electron chi connectivity index (χ4n) is 6.01. The normalized spacial score (nSPS) is 11.2. The van der Waals surface area contributed by atoms with Crippen LogP contribution in [0.4, 0.5) is 0 Å². The summed E-state index contributed by atoms with van der Waals surface area (Å²) in [6.07, 6.45) is 1.89. The highest BCUT2D eigenvalue weighted by molar-refractivity contribution is 5.85. The van der Waals surface area contributed by atoms with Gasteiger partial charge in [-0.05, 0) is 59.4 Å². The summed E-state index contributed by atoms with van der Waals surface area (Å²) >= 11 is 0. The van der Waals surface area contributed by atoms with Gasteiger partial charge < -0.3 is 4.52 Å². The van der Waals surface area contributed by atoms with E-state index in [-0.39, 0.29) is 0 Å². The smallest absolute Gasteiger partial charge is 0.167 e. The summed E-state index contributed by atoms with van der Waals surface area (Å²) in [6, 6.07) is 34.9. The summed E-state index contributed by atoms with van der Waals surface area (Å²) in [7, 11) is 1.99. The average molecular weight is 667 g/mol. The van der Waals surface area contributed by atoms with Crippen LogP contribution in [0.1, 0.15) is 102 Å². The van der Waals surface area contributed by atoms with Gasteiger partial charge in [-0.3, -0.25) is 14.8 Å². The molecule has 8 aromatic rings. The molecule has 0 aliphatic carbocycles. The van der Waals surface area contributed by atoms with E-state index < -0.39 is 0 Å². The fraction of sp³-hybridized carbons (Fsp3) is 0.302. The van der Waals surface area contributed by atoms with Gasteiger partial charge in [0.05, 0.1) is 28.1 Å². The molecule has 4 aromatic heterocycles. The Morgan fingerprint density at radius 1 is 0.560 bits per heavy atom. The van der Waals surface area contributed by atoms with Crippen LogP contribution >= 0.6 is 0 Å². The number of benzene rings is 4. The molecule has 0 amide bonds. The zero-order valence-corrected chi connectivity index (χ0v) is 30.8. The van der Waals surface area contributed by atoms with Gasteiger partial charge in [-0.2, -0.15) is 10.2 Å². The van der Waals surface area contributed by atoms with E-state index in [0.717, 1.165) is 22.2 Å². The number of aromatic nitrogens is 6. The van der Waals surface area contributed by atoms with Crippen LogP contribution in [0.25, 0.3) is 43.5 Å². The number of fused-ring (bicyclic) bond motifs is 4. The Hall–Kier alpha value is -5.30. The first-order chi connectivity index (χ1) is 24.1. The number of aryl methyl sites for hydroxylation is 1. The van der Waals surface area contributed by atoms with Crippen LogP contribution in [-0.2, 0) is 7.05 Å². The molecule has 0 spiro atoms. The lowest BCUT2D eigenvalue weighted by molar-refractivity contribution is 0.441. The van der Waals surface area contributed by atoms with E-state index in [1.54, 1.807) is 0 Å². The number of hydrogen-bond acceptors (Lipinski definition) is 5. The number of rotatable bonds is 4. The van der Waals surface area contributed by atoms with Crippen LogP contribution in [0, 0.1) is 0 Å². The van der Waals surface area contributed by atoms with Gasteiger partial charge in [0.25, 0.3) is 0 Å². The van der Waals surface area contributed by atoms with Crippen molar-refractivity contribution in [1.29, 1.82) is 0 Å². The second-order valence-electron chi connectivity index (χ2n) is 13.8. The van der Waals surface area contributed by atoms with Gasteiger partial charge >= 0.3 is 0 Å². The zero-order valence-electron chi connectivity index (χ0n) is 30.8. The molecule has 0 saturated heterocycles. The first-order valence-electron chi connectivity index (χ1n) is 17.6. The minimum absolute atomic E-state index is 0.425. The first kappa shape index (κ1) is 36.0. The molecule has 4 heterocycles. The third kappa shape index (κ3) is 8.28. The Bertz CT molecular complexity index is 2190. The Morgan fingerprint density at radius 2 is 1.14 bits per heavy atom. The van der Waals surface area contributed by atoms with Gasteiger partial charge in [-0.15, -0.1) is 0 Å². The molecular formula is C43H50N6O. The number of para-hydroxylation sites is 3. The van der Waals surface area contributed by atoms with E-state index in [9.17, 15) is 0 Å². The summed E-state index contributed by atoms with van der Waals surface area (Å²) in [6.45, 7) is 17.3. The molecule has 1 N–H and O–H groups in total. The summed E-state index contributed by atoms with van der Waals surface area (Å²) in [5, 5.41) is 22.0. The second kappa shape index (κ2) is 16.4. The molecule has 0 radical (unpaired) electrons. The molecule has 258 valence electrons. The van der Waals surface area contributed by atoms with E-state index in [1.165, 1.54) is 44.1 Å². The van der Waals surface area contributed by atoms with Gasteiger partial charge in [0.2, 0.25) is 0 Å². The van der Waals surface area contributed by atoms with E-state index in [4.69, 9.17) is 4.52 Å². The van der Waals surface area contributed by atoms with E-state index in [2.05, 4.69) is 135 Å². The summed E-state index contributed by atoms with van der Waals surface area (Å²) < 4.78 is 7.11. The van der Waals surface area contributed by atoms with Crippen molar-refractivity contribution in [2.45, 2.75) is 79.1 Å². The van der Waals surface area contributed by atoms with E-state index >= 15 is 0 Å². The SMILES string of the molecule is CC(C)c1[nH]nc2ccccc12.CC(C)c1nccc2ccccc12.CC(C)c1nn(C)c2ccccc12.CC(C)c1noc2ccccc12. The van der Waals surface area contributed by atoms with Crippen LogP contribution in [-0.4, -0.2) is 30.1 Å². The van der Waals surface area contributed by atoms with Crippen molar-refractivity contribution in [2.75, 3.05) is 0 Å². The highest BCUT2D eigenvalue weighted by Crippen LogP contribution is 2.26. The highest BCUT2D eigenvalue weighted by Gasteiger charge is 2.11. The van der Waals surface area contributed by atoms with Crippen LogP contribution in [0.2, 0.25) is 0 Å². The maximum atomic E-state index is 5.16. The number of nitrogens with one attached hydrogen (secondary N) is 1. The number of hydrogen-bond donors (Lipinski definition) is 1. The van der Waals surface area contributed by atoms with Gasteiger partial charge in [-0.25, -0.2) is 0 Å². The Labute approximate surface area is 295 Å². The Morgan fingerprint density at radius 3 is 1.82 bits per heavy atom. The van der Waals surface area contributed by atoms with Crippen molar-refractivity contribution in [1.82, 2.24) is 30.1 Å². The fourth-order valence-corrected chi connectivity index (χ4v) is 6.01. The molecule has 8 rings (SSSR count). The van der Waals surface area contributed by atoms with E-state index in [0.29, 0.717) is 23.7 Å². The molecule has 0 fully saturated rings. The molecule has 4 aromatic carbocycles. The molecule has 0 aliphatic rings. The topological polar surface area (TPSA) is 85.4 Å². The van der Waals surface area contributed by atoms with Crippen molar-refractivity contribution >= 4 is 43.5 Å². The summed E-state index contributed by atoms with van der Waals surface area (Å²) in [5.74, 6) is 1.92. The molecule has 0 bridgehead atoms. The minimum atomic E-state index is 0.425. The third-order valence-corrected chi connectivity index (χ3v) is 8.61. The number of H-pyrrole nitrogens is 1. The maximum Gasteiger partial charge on any atom is 0.167 e. The van der Waals surface area contributed by atoms with Crippen molar-refractivity contribution < 1.29 is 4.52 Å². The van der Waals surface area contributed by atoms with Crippen molar-refractivity contribution in [2.24, 2.45) is 7.05 Å². The largest absolute Gasteiger partial charge is 0.356 e. The lowest BCUT2D eigenvalue weighted by Gasteiger charge is -2.07. The maximum absolute atomic E-state index is 5.16. The molecular weight excluding hydrogens is 617 g/mol. The second-order valence-corrected chi connectivity index (χ2v) is 13.8. The summed E-state index contributed by atoms with van der Waals surface area (Å²) in [4.78, 5) is 4.41. The average Bonchev–Trinajstić information content (AvgIpc) is 3.85. The van der Waals surface area contributed by atoms with Crippen LogP contribution in [0.5, 0.6) is 0 Å². The van der Waals surface area contributed by atoms with Gasteiger partial charge in [0, 0.05) is 40.5 Å². The third-order valence-electron chi connectivity index (χ3n) is 8.61. The Kier molecular flexibility index (Phi) is 11.8. The molecule has 50 heavy (non-hydrogen) atoms. The highest BCUT2D eigenvalue weighted by atomic mass is 16.5. The molecule has 0 saturated carbocycles. The number of nitrogens with zero attached hydrogens (tertiary/aromatic N) is 5. The molecule has 7 heteroatoms. The van der Waals surface area contributed by atoms with Gasteiger partial charge in [-0.1, -0.05) is 133 Å². The first-order valence-corrected chi connectivity index (χ1v) is 17.6. The molecule has 0 aliphatic heterocycles. The van der Waals surface area contributed by atoms with Crippen molar-refractivity contribution in [3.05, 3.63) is 132 Å². The van der Waals surface area contributed by atoms with Gasteiger partial charge in [0.15, 0.2) is 5.58 Å². The van der Waals surface area contributed by atoms with Crippen LogP contribution in [0.3, 0.4) is 0 Å². The molecule has 7 nitrogen and oxygen atoms in total. The van der Waals surface area contributed by atoms with Gasteiger partial charge in [0.1, 0.15) is 0 Å². The summed E-state index contributed by atoms with van der Waals surface area (Å²) in [5.41, 5.74) is 7.81. The predicted molar refractivity (Wildman–Crippen MR) is 209 cm³/mol. The Balaban J connectivity index is 0.000000130. The van der Waals surface area contributed by atoms with Crippen LogP contribution < -0.4 is 0 Å². The lowest BCUT2D eigenvalue weighted by Crippen LogP contribution is -1.92.